The molecule has 1 saturated heterocycles. The molecule has 0 aliphatic carbocycles. The third-order valence-corrected chi connectivity index (χ3v) is 4.38. The summed E-state index contributed by atoms with van der Waals surface area (Å²) in [4.78, 5) is 16.7. The molecule has 0 spiro atoms. The van der Waals surface area contributed by atoms with Gasteiger partial charge in [-0.1, -0.05) is 12.1 Å². The van der Waals surface area contributed by atoms with Gasteiger partial charge in [-0.2, -0.15) is 0 Å². The Morgan fingerprint density at radius 3 is 2.89 bits per heavy atom. The number of Topliss-reactive ketones (excluding diaryl/α,β-unsaturated/α-hetero) is 1. The molecule has 1 aromatic heterocycles. The Morgan fingerprint density at radius 1 is 1.33 bits per heavy atom. The minimum absolute atomic E-state index is 0.172. The van der Waals surface area contributed by atoms with E-state index < -0.39 is 0 Å². The molecule has 94 valence electrons. The molecule has 0 bridgehead atoms. The third-order valence-electron chi connectivity index (χ3n) is 3.34. The summed E-state index contributed by atoms with van der Waals surface area (Å²) in [5.41, 5.74) is 0.997. The van der Waals surface area contributed by atoms with Gasteiger partial charge in [0.05, 0.1) is 16.6 Å². The number of ether oxygens (including phenoxy) is 1. The van der Waals surface area contributed by atoms with Crippen LogP contribution in [0.1, 0.15) is 17.8 Å². The standard InChI is InChI=1S/C14H15NO2S/c16-12(10-5-7-17-8-6-10)9-14-15-11-3-1-2-4-13(11)18-14/h1-4,10H,5-9H2. The Hall–Kier alpha value is -1.26. The molecule has 0 amide bonds. The summed E-state index contributed by atoms with van der Waals surface area (Å²) in [6.07, 6.45) is 2.21. The fraction of sp³-hybridized carbons (Fsp3) is 0.429. The number of hydrogen-bond donors (Lipinski definition) is 0. The van der Waals surface area contributed by atoms with E-state index in [2.05, 4.69) is 11.1 Å². The number of nitrogens with zero attached hydrogens (tertiary/aromatic N) is 1. The van der Waals surface area contributed by atoms with Gasteiger partial charge in [0.1, 0.15) is 10.8 Å². The SMILES string of the molecule is O=C(Cc1nc2ccccc2s1)C1CCOCC1. The molecule has 0 atom stereocenters. The van der Waals surface area contributed by atoms with E-state index in [1.54, 1.807) is 11.3 Å². The summed E-state index contributed by atoms with van der Waals surface area (Å²) in [5.74, 6) is 0.489. The van der Waals surface area contributed by atoms with Gasteiger partial charge in [-0.05, 0) is 25.0 Å². The lowest BCUT2D eigenvalue weighted by atomic mass is 9.94. The van der Waals surface area contributed by atoms with Crippen LogP contribution >= 0.6 is 11.3 Å². The number of carbonyl (C=O) groups excluding carboxylic acids is 1. The molecule has 0 N–H and O–H groups in total. The van der Waals surface area contributed by atoms with E-state index in [-0.39, 0.29) is 5.92 Å². The molecule has 1 aliphatic rings. The Balaban J connectivity index is 1.73. The van der Waals surface area contributed by atoms with Crippen LogP contribution in [0.4, 0.5) is 0 Å². The smallest absolute Gasteiger partial charge is 0.142 e. The maximum atomic E-state index is 12.2. The number of para-hydroxylation sites is 1. The van der Waals surface area contributed by atoms with Crippen molar-refractivity contribution in [3.05, 3.63) is 29.3 Å². The minimum atomic E-state index is 0.172. The van der Waals surface area contributed by atoms with E-state index >= 15 is 0 Å². The first-order valence-electron chi connectivity index (χ1n) is 6.28. The largest absolute Gasteiger partial charge is 0.381 e. The predicted octanol–water partition coefficient (Wildman–Crippen LogP) is 2.83. The van der Waals surface area contributed by atoms with Gasteiger partial charge in [-0.15, -0.1) is 11.3 Å². The van der Waals surface area contributed by atoms with Crippen molar-refractivity contribution in [2.75, 3.05) is 13.2 Å². The second kappa shape index (κ2) is 5.16. The van der Waals surface area contributed by atoms with Crippen LogP contribution in [0.3, 0.4) is 0 Å². The number of rotatable bonds is 3. The van der Waals surface area contributed by atoms with Crippen LogP contribution in [0.15, 0.2) is 24.3 Å². The first-order valence-corrected chi connectivity index (χ1v) is 7.09. The zero-order chi connectivity index (χ0) is 12.4. The average molecular weight is 261 g/mol. The van der Waals surface area contributed by atoms with Crippen molar-refractivity contribution < 1.29 is 9.53 Å². The molecule has 3 nitrogen and oxygen atoms in total. The summed E-state index contributed by atoms with van der Waals surface area (Å²) in [7, 11) is 0. The molecule has 1 aromatic carbocycles. The molecule has 1 fully saturated rings. The number of carbonyl (C=O) groups is 1. The first-order chi connectivity index (χ1) is 8.83. The Morgan fingerprint density at radius 2 is 2.11 bits per heavy atom. The van der Waals surface area contributed by atoms with Crippen molar-refractivity contribution in [3.63, 3.8) is 0 Å². The number of benzene rings is 1. The number of aromatic nitrogens is 1. The summed E-state index contributed by atoms with van der Waals surface area (Å²) in [5, 5.41) is 0.938. The molecular formula is C14H15NO2S. The van der Waals surface area contributed by atoms with Gasteiger partial charge in [0.2, 0.25) is 0 Å². The van der Waals surface area contributed by atoms with Crippen LogP contribution in [0.2, 0.25) is 0 Å². The van der Waals surface area contributed by atoms with Gasteiger partial charge in [-0.3, -0.25) is 4.79 Å². The second-order valence-corrected chi connectivity index (χ2v) is 5.72. The number of ketones is 1. The Labute approximate surface area is 110 Å². The number of thiazole rings is 1. The van der Waals surface area contributed by atoms with Gasteiger partial charge in [0, 0.05) is 19.1 Å². The third kappa shape index (κ3) is 2.44. The highest BCUT2D eigenvalue weighted by molar-refractivity contribution is 7.18. The predicted molar refractivity (Wildman–Crippen MR) is 71.9 cm³/mol. The second-order valence-electron chi connectivity index (χ2n) is 4.61. The van der Waals surface area contributed by atoms with Crippen LogP contribution in [0.5, 0.6) is 0 Å². The quantitative estimate of drug-likeness (QED) is 0.853. The average Bonchev–Trinajstić information content (AvgIpc) is 2.82. The fourth-order valence-electron chi connectivity index (χ4n) is 2.31. The summed E-state index contributed by atoms with van der Waals surface area (Å²) < 4.78 is 6.44. The topological polar surface area (TPSA) is 39.2 Å². The lowest BCUT2D eigenvalue weighted by Gasteiger charge is -2.20. The Kier molecular flexibility index (Phi) is 3.39. The van der Waals surface area contributed by atoms with Crippen LogP contribution in [-0.2, 0) is 16.0 Å². The van der Waals surface area contributed by atoms with Crippen molar-refractivity contribution in [1.29, 1.82) is 0 Å². The molecule has 18 heavy (non-hydrogen) atoms. The van der Waals surface area contributed by atoms with E-state index in [4.69, 9.17) is 4.74 Å². The molecular weight excluding hydrogens is 246 g/mol. The molecule has 0 unspecified atom stereocenters. The fourth-order valence-corrected chi connectivity index (χ4v) is 3.29. The van der Waals surface area contributed by atoms with Crippen molar-refractivity contribution in [2.24, 2.45) is 5.92 Å². The normalized spacial score (nSPS) is 17.1. The maximum absolute atomic E-state index is 12.2. The highest BCUT2D eigenvalue weighted by Crippen LogP contribution is 2.24. The number of fused-ring (bicyclic) bond motifs is 1. The van der Waals surface area contributed by atoms with Crippen molar-refractivity contribution in [3.8, 4) is 0 Å². The molecule has 4 heteroatoms. The van der Waals surface area contributed by atoms with E-state index in [1.807, 2.05) is 18.2 Å². The van der Waals surface area contributed by atoms with Gasteiger partial charge < -0.3 is 4.74 Å². The van der Waals surface area contributed by atoms with E-state index in [1.165, 1.54) is 0 Å². The molecule has 0 radical (unpaired) electrons. The molecule has 1 aliphatic heterocycles. The van der Waals surface area contributed by atoms with Crippen molar-refractivity contribution in [2.45, 2.75) is 19.3 Å². The van der Waals surface area contributed by atoms with E-state index in [0.717, 1.165) is 41.3 Å². The summed E-state index contributed by atoms with van der Waals surface area (Å²) >= 11 is 1.63. The van der Waals surface area contributed by atoms with Crippen LogP contribution < -0.4 is 0 Å². The van der Waals surface area contributed by atoms with E-state index in [0.29, 0.717) is 12.2 Å². The van der Waals surface area contributed by atoms with Crippen LogP contribution in [0, 0.1) is 5.92 Å². The lowest BCUT2D eigenvalue weighted by molar-refractivity contribution is -0.125. The van der Waals surface area contributed by atoms with Gasteiger partial charge in [-0.25, -0.2) is 4.98 Å². The molecule has 0 saturated carbocycles. The van der Waals surface area contributed by atoms with Crippen LogP contribution in [0.25, 0.3) is 10.2 Å². The van der Waals surface area contributed by atoms with Gasteiger partial charge in [0.25, 0.3) is 0 Å². The van der Waals surface area contributed by atoms with E-state index in [9.17, 15) is 4.79 Å². The van der Waals surface area contributed by atoms with Crippen molar-refractivity contribution >= 4 is 27.3 Å². The zero-order valence-electron chi connectivity index (χ0n) is 10.1. The monoisotopic (exact) mass is 261 g/mol. The minimum Gasteiger partial charge on any atom is -0.381 e. The highest BCUT2D eigenvalue weighted by Gasteiger charge is 2.22. The van der Waals surface area contributed by atoms with Gasteiger partial charge in [0.15, 0.2) is 0 Å². The molecule has 2 aromatic rings. The van der Waals surface area contributed by atoms with Crippen molar-refractivity contribution in [1.82, 2.24) is 4.98 Å². The lowest BCUT2D eigenvalue weighted by Crippen LogP contribution is -2.24. The first kappa shape index (κ1) is 11.8. The Bertz CT molecular complexity index is 525. The molecule has 2 heterocycles. The molecule has 3 rings (SSSR count). The number of hydrogen-bond acceptors (Lipinski definition) is 4. The van der Waals surface area contributed by atoms with Gasteiger partial charge >= 0.3 is 0 Å². The maximum Gasteiger partial charge on any atom is 0.142 e. The summed E-state index contributed by atoms with van der Waals surface area (Å²) in [6.45, 7) is 1.44. The van der Waals surface area contributed by atoms with Crippen LogP contribution in [-0.4, -0.2) is 24.0 Å². The zero-order valence-corrected chi connectivity index (χ0v) is 10.9. The highest BCUT2D eigenvalue weighted by atomic mass is 32.1. The summed E-state index contributed by atoms with van der Waals surface area (Å²) in [6, 6.07) is 8.03.